The first kappa shape index (κ1) is 14.8. The van der Waals surface area contributed by atoms with Crippen LogP contribution in [0.5, 0.6) is 5.75 Å². The molecule has 1 aromatic rings. The van der Waals surface area contributed by atoms with E-state index in [4.69, 9.17) is 21.4 Å². The van der Waals surface area contributed by atoms with Crippen LogP contribution >= 0.6 is 11.6 Å². The van der Waals surface area contributed by atoms with Crippen LogP contribution in [0.1, 0.15) is 13.3 Å². The average Bonchev–Trinajstić information content (AvgIpc) is 2.29. The van der Waals surface area contributed by atoms with E-state index in [-0.39, 0.29) is 0 Å². The van der Waals surface area contributed by atoms with E-state index < -0.39 is 12.0 Å². The molecular formula is C13H18ClNO3. The van der Waals surface area contributed by atoms with Crippen LogP contribution in [0.2, 0.25) is 5.02 Å². The Morgan fingerprint density at radius 3 is 2.83 bits per heavy atom. The van der Waals surface area contributed by atoms with E-state index in [1.54, 1.807) is 24.1 Å². The van der Waals surface area contributed by atoms with E-state index >= 15 is 0 Å². The van der Waals surface area contributed by atoms with Gasteiger partial charge in [-0.05, 0) is 31.7 Å². The minimum atomic E-state index is -0.803. The van der Waals surface area contributed by atoms with Crippen molar-refractivity contribution < 1.29 is 14.6 Å². The molecule has 0 fully saturated rings. The van der Waals surface area contributed by atoms with Crippen molar-refractivity contribution in [2.75, 3.05) is 20.2 Å². The molecule has 1 rings (SSSR count). The van der Waals surface area contributed by atoms with Crippen LogP contribution in [0.15, 0.2) is 24.3 Å². The van der Waals surface area contributed by atoms with Crippen LogP contribution in [0, 0.1) is 0 Å². The molecule has 0 amide bonds. The average molecular weight is 272 g/mol. The van der Waals surface area contributed by atoms with Gasteiger partial charge < -0.3 is 9.84 Å². The summed E-state index contributed by atoms with van der Waals surface area (Å²) in [6.07, 6.45) is 0.572. The lowest BCUT2D eigenvalue weighted by atomic mass is 10.2. The van der Waals surface area contributed by atoms with E-state index in [1.807, 2.05) is 19.1 Å². The lowest BCUT2D eigenvalue weighted by molar-refractivity contribution is -0.143. The first-order valence-corrected chi connectivity index (χ1v) is 6.23. The second-order valence-electron chi connectivity index (χ2n) is 4.05. The van der Waals surface area contributed by atoms with Gasteiger partial charge in [0.1, 0.15) is 18.4 Å². The molecule has 0 spiro atoms. The number of halogens is 1. The highest BCUT2D eigenvalue weighted by Crippen LogP contribution is 2.17. The van der Waals surface area contributed by atoms with Crippen molar-refractivity contribution >= 4 is 17.6 Å². The second kappa shape index (κ2) is 7.24. The fourth-order valence-electron chi connectivity index (χ4n) is 1.69. The summed E-state index contributed by atoms with van der Waals surface area (Å²) in [6.45, 7) is 2.84. The number of rotatable bonds is 7. The van der Waals surface area contributed by atoms with Gasteiger partial charge in [0, 0.05) is 11.6 Å². The fraction of sp³-hybridized carbons (Fsp3) is 0.462. The number of ether oxygens (including phenoxy) is 1. The van der Waals surface area contributed by atoms with E-state index in [9.17, 15) is 4.79 Å². The number of carboxylic acids is 1. The van der Waals surface area contributed by atoms with Crippen LogP contribution in [-0.2, 0) is 4.79 Å². The van der Waals surface area contributed by atoms with E-state index in [0.717, 1.165) is 0 Å². The first-order chi connectivity index (χ1) is 8.54. The Hall–Kier alpha value is -1.26. The molecule has 0 radical (unpaired) electrons. The van der Waals surface area contributed by atoms with Gasteiger partial charge >= 0.3 is 5.97 Å². The molecule has 100 valence electrons. The summed E-state index contributed by atoms with van der Waals surface area (Å²) in [4.78, 5) is 12.7. The van der Waals surface area contributed by atoms with Crippen molar-refractivity contribution in [3.8, 4) is 5.75 Å². The van der Waals surface area contributed by atoms with Crippen LogP contribution in [0.25, 0.3) is 0 Å². The maximum Gasteiger partial charge on any atom is 0.320 e. The van der Waals surface area contributed by atoms with Gasteiger partial charge in [0.2, 0.25) is 0 Å². The third-order valence-electron chi connectivity index (χ3n) is 2.71. The summed E-state index contributed by atoms with van der Waals surface area (Å²) < 4.78 is 5.51. The molecule has 1 aromatic carbocycles. The number of carboxylic acid groups (broad SMARTS) is 1. The summed E-state index contributed by atoms with van der Waals surface area (Å²) in [5.74, 6) is -0.109. The summed E-state index contributed by atoms with van der Waals surface area (Å²) in [7, 11) is 1.78. The molecule has 0 bridgehead atoms. The van der Waals surface area contributed by atoms with Gasteiger partial charge in [0.15, 0.2) is 0 Å². The Morgan fingerprint density at radius 1 is 1.56 bits per heavy atom. The molecule has 0 saturated heterocycles. The zero-order valence-electron chi connectivity index (χ0n) is 10.6. The standard InChI is InChI=1S/C13H18ClNO3/c1-3-12(13(16)17)15(2)7-8-18-11-6-4-5-10(14)9-11/h4-6,9,12H,3,7-8H2,1-2H3,(H,16,17). The molecule has 0 saturated carbocycles. The molecule has 5 heteroatoms. The fourth-order valence-corrected chi connectivity index (χ4v) is 1.88. The zero-order chi connectivity index (χ0) is 13.5. The molecule has 18 heavy (non-hydrogen) atoms. The monoisotopic (exact) mass is 271 g/mol. The zero-order valence-corrected chi connectivity index (χ0v) is 11.4. The maximum absolute atomic E-state index is 10.9. The number of aliphatic carboxylic acids is 1. The predicted molar refractivity (Wildman–Crippen MR) is 71.3 cm³/mol. The van der Waals surface area contributed by atoms with Crippen molar-refractivity contribution in [3.05, 3.63) is 29.3 Å². The Balaban J connectivity index is 2.39. The number of hydrogen-bond donors (Lipinski definition) is 1. The van der Waals surface area contributed by atoms with Gasteiger partial charge in [-0.15, -0.1) is 0 Å². The van der Waals surface area contributed by atoms with Crippen LogP contribution in [0.3, 0.4) is 0 Å². The Morgan fingerprint density at radius 2 is 2.28 bits per heavy atom. The summed E-state index contributed by atoms with van der Waals surface area (Å²) >= 11 is 5.83. The highest BCUT2D eigenvalue weighted by Gasteiger charge is 2.19. The van der Waals surface area contributed by atoms with Gasteiger partial charge in [-0.3, -0.25) is 9.69 Å². The Bertz CT molecular complexity index is 398. The second-order valence-corrected chi connectivity index (χ2v) is 4.49. The predicted octanol–water partition coefficient (Wildman–Crippen LogP) is 2.51. The molecule has 1 N–H and O–H groups in total. The van der Waals surface area contributed by atoms with Crippen LogP contribution in [-0.4, -0.2) is 42.2 Å². The number of benzene rings is 1. The molecule has 1 unspecified atom stereocenters. The highest BCUT2D eigenvalue weighted by molar-refractivity contribution is 6.30. The van der Waals surface area contributed by atoms with Gasteiger partial charge in [0.05, 0.1) is 0 Å². The molecule has 1 atom stereocenters. The molecule has 0 aliphatic carbocycles. The minimum Gasteiger partial charge on any atom is -0.492 e. The molecule has 4 nitrogen and oxygen atoms in total. The van der Waals surface area contributed by atoms with Gasteiger partial charge in [-0.25, -0.2) is 0 Å². The third kappa shape index (κ3) is 4.55. The van der Waals surface area contributed by atoms with Crippen molar-refractivity contribution in [1.82, 2.24) is 4.90 Å². The van der Waals surface area contributed by atoms with Crippen molar-refractivity contribution in [3.63, 3.8) is 0 Å². The SMILES string of the molecule is CCC(C(=O)O)N(C)CCOc1cccc(Cl)c1. The van der Waals surface area contributed by atoms with Crippen molar-refractivity contribution in [2.45, 2.75) is 19.4 Å². The topological polar surface area (TPSA) is 49.8 Å². The smallest absolute Gasteiger partial charge is 0.320 e. The maximum atomic E-state index is 10.9. The molecule has 0 aliphatic heterocycles. The molecule has 0 aromatic heterocycles. The minimum absolute atomic E-state index is 0.431. The number of hydrogen-bond acceptors (Lipinski definition) is 3. The first-order valence-electron chi connectivity index (χ1n) is 5.86. The van der Waals surface area contributed by atoms with E-state index in [2.05, 4.69) is 0 Å². The van der Waals surface area contributed by atoms with E-state index in [0.29, 0.717) is 30.3 Å². The quantitative estimate of drug-likeness (QED) is 0.828. The number of nitrogens with zero attached hydrogens (tertiary/aromatic N) is 1. The van der Waals surface area contributed by atoms with E-state index in [1.165, 1.54) is 0 Å². The van der Waals surface area contributed by atoms with Gasteiger partial charge in [0.25, 0.3) is 0 Å². The Labute approximate surface area is 112 Å². The lowest BCUT2D eigenvalue weighted by Crippen LogP contribution is -2.40. The highest BCUT2D eigenvalue weighted by atomic mass is 35.5. The van der Waals surface area contributed by atoms with Crippen molar-refractivity contribution in [2.24, 2.45) is 0 Å². The summed E-state index contributed by atoms with van der Waals surface area (Å²) in [5, 5.41) is 9.62. The lowest BCUT2D eigenvalue weighted by Gasteiger charge is -2.23. The number of likely N-dealkylation sites (N-methyl/N-ethyl adjacent to an activating group) is 1. The van der Waals surface area contributed by atoms with Crippen LogP contribution in [0.4, 0.5) is 0 Å². The van der Waals surface area contributed by atoms with Crippen LogP contribution < -0.4 is 4.74 Å². The molecular weight excluding hydrogens is 254 g/mol. The summed E-state index contributed by atoms with van der Waals surface area (Å²) in [5.41, 5.74) is 0. The normalized spacial score (nSPS) is 12.4. The third-order valence-corrected chi connectivity index (χ3v) is 2.95. The van der Waals surface area contributed by atoms with Crippen molar-refractivity contribution in [1.29, 1.82) is 0 Å². The van der Waals surface area contributed by atoms with Gasteiger partial charge in [-0.2, -0.15) is 0 Å². The van der Waals surface area contributed by atoms with Gasteiger partial charge in [-0.1, -0.05) is 24.6 Å². The number of carbonyl (C=O) groups is 1. The summed E-state index contributed by atoms with van der Waals surface area (Å²) in [6, 6.07) is 6.68. The molecule has 0 aliphatic rings. The Kier molecular flexibility index (Phi) is 5.95. The molecule has 0 heterocycles. The largest absolute Gasteiger partial charge is 0.492 e.